The van der Waals surface area contributed by atoms with Gasteiger partial charge in [-0.25, -0.2) is 0 Å². The number of halogens is 1. The number of carbonyl (C=O) groups excluding carboxylic acids is 1. The number of benzene rings is 2. The molecule has 1 atom stereocenters. The average Bonchev–Trinajstić information content (AvgIpc) is 2.56. The van der Waals surface area contributed by atoms with Crippen molar-refractivity contribution in [2.45, 2.75) is 19.9 Å². The van der Waals surface area contributed by atoms with Gasteiger partial charge >= 0.3 is 0 Å². The summed E-state index contributed by atoms with van der Waals surface area (Å²) in [5.74, 6) is 1.20. The van der Waals surface area contributed by atoms with Gasteiger partial charge in [0.25, 0.3) is 5.91 Å². The fourth-order valence-corrected chi connectivity index (χ4v) is 2.68. The summed E-state index contributed by atoms with van der Waals surface area (Å²) >= 11 is 3.40. The average molecular weight is 378 g/mol. The van der Waals surface area contributed by atoms with Crippen molar-refractivity contribution in [3.05, 3.63) is 57.6 Å². The Morgan fingerprint density at radius 1 is 1.09 bits per heavy atom. The molecular weight excluding hydrogens is 358 g/mol. The highest BCUT2D eigenvalue weighted by molar-refractivity contribution is 9.10. The van der Waals surface area contributed by atoms with Gasteiger partial charge in [-0.15, -0.1) is 0 Å². The highest BCUT2D eigenvalue weighted by atomic mass is 79.9. The summed E-state index contributed by atoms with van der Waals surface area (Å²) in [6.07, 6.45) is 0. The molecule has 0 unspecified atom stereocenters. The van der Waals surface area contributed by atoms with E-state index in [4.69, 9.17) is 9.47 Å². The molecule has 1 amide bonds. The Balaban J connectivity index is 2.19. The molecule has 0 bridgehead atoms. The molecular formula is C18H20BrNO3. The van der Waals surface area contributed by atoms with Crippen molar-refractivity contribution in [3.8, 4) is 11.5 Å². The summed E-state index contributed by atoms with van der Waals surface area (Å²) in [4.78, 5) is 12.5. The number of nitrogens with one attached hydrogen (secondary N) is 1. The molecule has 5 heteroatoms. The first-order valence-corrected chi connectivity index (χ1v) is 8.04. The van der Waals surface area contributed by atoms with E-state index in [-0.39, 0.29) is 11.9 Å². The van der Waals surface area contributed by atoms with E-state index in [0.29, 0.717) is 17.1 Å². The molecule has 2 aromatic rings. The van der Waals surface area contributed by atoms with Crippen LogP contribution in [0.3, 0.4) is 0 Å². The molecule has 0 heterocycles. The number of methoxy groups -OCH3 is 2. The molecule has 2 rings (SSSR count). The highest BCUT2D eigenvalue weighted by Crippen LogP contribution is 2.30. The zero-order valence-corrected chi connectivity index (χ0v) is 15.2. The van der Waals surface area contributed by atoms with Crippen LogP contribution in [0.4, 0.5) is 0 Å². The molecule has 4 nitrogen and oxygen atoms in total. The number of carbonyl (C=O) groups is 1. The van der Waals surface area contributed by atoms with Crippen molar-refractivity contribution in [2.24, 2.45) is 0 Å². The van der Waals surface area contributed by atoms with Crippen molar-refractivity contribution < 1.29 is 14.3 Å². The Morgan fingerprint density at radius 3 is 2.43 bits per heavy atom. The first-order valence-electron chi connectivity index (χ1n) is 7.25. The normalized spacial score (nSPS) is 11.7. The van der Waals surface area contributed by atoms with Gasteiger partial charge in [-0.1, -0.05) is 28.1 Å². The number of ether oxygens (including phenoxy) is 2. The fraction of sp³-hybridized carbons (Fsp3) is 0.278. The maximum absolute atomic E-state index is 12.5. The molecule has 0 fully saturated rings. The molecule has 0 radical (unpaired) electrons. The minimum absolute atomic E-state index is 0.105. The minimum atomic E-state index is -0.152. The second kappa shape index (κ2) is 7.51. The quantitative estimate of drug-likeness (QED) is 0.846. The lowest BCUT2D eigenvalue weighted by Gasteiger charge is -2.17. The van der Waals surface area contributed by atoms with Crippen LogP contribution in [0.2, 0.25) is 0 Å². The van der Waals surface area contributed by atoms with Gasteiger partial charge in [0.2, 0.25) is 0 Å². The number of amides is 1. The second-order valence-electron chi connectivity index (χ2n) is 5.27. The first kappa shape index (κ1) is 17.3. The van der Waals surface area contributed by atoms with E-state index < -0.39 is 0 Å². The van der Waals surface area contributed by atoms with Crippen LogP contribution in [0.5, 0.6) is 11.5 Å². The van der Waals surface area contributed by atoms with Gasteiger partial charge in [-0.3, -0.25) is 4.79 Å². The lowest BCUT2D eigenvalue weighted by molar-refractivity contribution is 0.0939. The van der Waals surface area contributed by atoms with Crippen LogP contribution in [-0.2, 0) is 0 Å². The van der Waals surface area contributed by atoms with Crippen LogP contribution in [0.15, 0.2) is 40.9 Å². The van der Waals surface area contributed by atoms with Gasteiger partial charge in [-0.2, -0.15) is 0 Å². The first-order chi connectivity index (χ1) is 11.0. The lowest BCUT2D eigenvalue weighted by Crippen LogP contribution is -2.27. The molecule has 2 aromatic carbocycles. The van der Waals surface area contributed by atoms with E-state index in [1.54, 1.807) is 14.2 Å². The van der Waals surface area contributed by atoms with E-state index in [1.165, 1.54) is 0 Å². The van der Waals surface area contributed by atoms with Gasteiger partial charge < -0.3 is 14.8 Å². The van der Waals surface area contributed by atoms with E-state index in [9.17, 15) is 4.79 Å². The van der Waals surface area contributed by atoms with E-state index >= 15 is 0 Å². The second-order valence-corrected chi connectivity index (χ2v) is 6.18. The molecule has 0 spiro atoms. The summed E-state index contributed by atoms with van der Waals surface area (Å²) < 4.78 is 11.4. The van der Waals surface area contributed by atoms with E-state index in [1.807, 2.05) is 50.2 Å². The Hall–Kier alpha value is -2.01. The minimum Gasteiger partial charge on any atom is -0.493 e. The highest BCUT2D eigenvalue weighted by Gasteiger charge is 2.15. The van der Waals surface area contributed by atoms with Crippen LogP contribution in [0.25, 0.3) is 0 Å². The van der Waals surface area contributed by atoms with Crippen LogP contribution >= 0.6 is 15.9 Å². The topological polar surface area (TPSA) is 47.6 Å². The van der Waals surface area contributed by atoms with Crippen molar-refractivity contribution in [1.82, 2.24) is 5.32 Å². The largest absolute Gasteiger partial charge is 0.493 e. The number of aryl methyl sites for hydroxylation is 1. The third-order valence-electron chi connectivity index (χ3n) is 3.70. The Morgan fingerprint density at radius 2 is 1.78 bits per heavy atom. The molecule has 23 heavy (non-hydrogen) atoms. The molecule has 0 aliphatic rings. The monoisotopic (exact) mass is 377 g/mol. The van der Waals surface area contributed by atoms with Gasteiger partial charge in [0.1, 0.15) is 0 Å². The number of hydrogen-bond donors (Lipinski definition) is 1. The summed E-state index contributed by atoms with van der Waals surface area (Å²) in [5.41, 5.74) is 2.54. The zero-order valence-electron chi connectivity index (χ0n) is 13.6. The maximum atomic E-state index is 12.5. The van der Waals surface area contributed by atoms with Crippen molar-refractivity contribution in [3.63, 3.8) is 0 Å². The van der Waals surface area contributed by atoms with Gasteiger partial charge in [-0.05, 0) is 49.2 Å². The number of rotatable bonds is 5. The third-order valence-corrected chi connectivity index (χ3v) is 4.19. The lowest BCUT2D eigenvalue weighted by atomic mass is 10.1. The molecule has 0 aromatic heterocycles. The third kappa shape index (κ3) is 4.05. The Labute approximate surface area is 144 Å². The summed E-state index contributed by atoms with van der Waals surface area (Å²) in [5, 5.41) is 3.01. The van der Waals surface area contributed by atoms with Gasteiger partial charge in [0, 0.05) is 10.0 Å². The van der Waals surface area contributed by atoms with E-state index in [2.05, 4.69) is 21.2 Å². The predicted molar refractivity (Wildman–Crippen MR) is 94.3 cm³/mol. The number of hydrogen-bond acceptors (Lipinski definition) is 3. The SMILES string of the molecule is COc1ccc([C@@H](C)NC(=O)c2cc(Br)ccc2C)cc1OC. The Bertz CT molecular complexity index is 715. The smallest absolute Gasteiger partial charge is 0.252 e. The van der Waals surface area contributed by atoms with Crippen molar-refractivity contribution in [1.29, 1.82) is 0 Å². The van der Waals surface area contributed by atoms with Gasteiger partial charge in [0.05, 0.1) is 20.3 Å². The van der Waals surface area contributed by atoms with Gasteiger partial charge in [0.15, 0.2) is 11.5 Å². The molecule has 0 saturated carbocycles. The van der Waals surface area contributed by atoms with Crippen LogP contribution in [0.1, 0.15) is 34.5 Å². The standard InChI is InChI=1S/C18H20BrNO3/c1-11-5-7-14(19)10-15(11)18(21)20-12(2)13-6-8-16(22-3)17(9-13)23-4/h5-10,12H,1-4H3,(H,20,21)/t12-/m1/s1. The Kier molecular flexibility index (Phi) is 5.66. The summed E-state index contributed by atoms with van der Waals surface area (Å²) in [7, 11) is 3.19. The maximum Gasteiger partial charge on any atom is 0.252 e. The summed E-state index contributed by atoms with van der Waals surface area (Å²) in [6.45, 7) is 3.86. The molecule has 0 aliphatic heterocycles. The van der Waals surface area contributed by atoms with Crippen LogP contribution in [0, 0.1) is 6.92 Å². The van der Waals surface area contributed by atoms with Crippen molar-refractivity contribution >= 4 is 21.8 Å². The molecule has 1 N–H and O–H groups in total. The predicted octanol–water partition coefficient (Wildman–Crippen LogP) is 4.27. The molecule has 122 valence electrons. The fourth-order valence-electron chi connectivity index (χ4n) is 2.32. The van der Waals surface area contributed by atoms with Crippen LogP contribution < -0.4 is 14.8 Å². The van der Waals surface area contributed by atoms with Crippen LogP contribution in [-0.4, -0.2) is 20.1 Å². The molecule has 0 saturated heterocycles. The summed E-state index contributed by atoms with van der Waals surface area (Å²) in [6, 6.07) is 11.1. The van der Waals surface area contributed by atoms with Crippen molar-refractivity contribution in [2.75, 3.05) is 14.2 Å². The molecule has 0 aliphatic carbocycles. The van der Waals surface area contributed by atoms with E-state index in [0.717, 1.165) is 15.6 Å². The zero-order chi connectivity index (χ0) is 17.0.